The smallest absolute Gasteiger partial charge is 0.253 e. The molecule has 1 saturated carbocycles. The zero-order valence-electron chi connectivity index (χ0n) is 17.8. The molecule has 30 heavy (non-hydrogen) atoms. The fourth-order valence-electron chi connectivity index (χ4n) is 5.28. The highest BCUT2D eigenvalue weighted by molar-refractivity contribution is 5.79. The van der Waals surface area contributed by atoms with Crippen molar-refractivity contribution in [2.24, 2.45) is 5.92 Å². The minimum atomic E-state index is -0.224. The molecule has 0 amide bonds. The molecule has 1 aliphatic heterocycles. The maximum atomic E-state index is 13.3. The molecule has 5 rings (SSSR count). The highest BCUT2D eigenvalue weighted by atomic mass is 16.1. The van der Waals surface area contributed by atoms with Crippen LogP contribution in [0.5, 0.6) is 0 Å². The Labute approximate surface area is 176 Å². The first-order valence-electron chi connectivity index (χ1n) is 11.3. The van der Waals surface area contributed by atoms with Gasteiger partial charge in [0.25, 0.3) is 5.56 Å². The molecule has 2 atom stereocenters. The lowest BCUT2D eigenvalue weighted by molar-refractivity contribution is 0.139. The SMILES string of the molecule is Cc1ccc2cc([C@@H](c3nnnn3C3CCCC3)N3CCC[C@H](C)C3)c(=O)[nH]c2c1. The number of rotatable bonds is 4. The summed E-state index contributed by atoms with van der Waals surface area (Å²) in [5.74, 6) is 1.41. The number of pyridine rings is 1. The van der Waals surface area contributed by atoms with E-state index in [1.54, 1.807) is 0 Å². The van der Waals surface area contributed by atoms with Crippen LogP contribution in [0.1, 0.15) is 74.5 Å². The third-order valence-electron chi connectivity index (χ3n) is 6.81. The summed E-state index contributed by atoms with van der Waals surface area (Å²) < 4.78 is 2.01. The van der Waals surface area contributed by atoms with Crippen molar-refractivity contribution in [1.29, 1.82) is 0 Å². The Morgan fingerprint density at radius 1 is 1.13 bits per heavy atom. The molecule has 1 aromatic carbocycles. The number of fused-ring (bicyclic) bond motifs is 1. The molecule has 2 fully saturated rings. The van der Waals surface area contributed by atoms with E-state index in [0.29, 0.717) is 12.0 Å². The summed E-state index contributed by atoms with van der Waals surface area (Å²) in [5.41, 5.74) is 2.72. The highest BCUT2D eigenvalue weighted by Crippen LogP contribution is 2.35. The topological polar surface area (TPSA) is 79.7 Å². The normalized spacial score (nSPS) is 22.0. The molecule has 2 aliphatic rings. The average molecular weight is 407 g/mol. The first kappa shape index (κ1) is 19.4. The molecule has 0 radical (unpaired) electrons. The number of aryl methyl sites for hydroxylation is 1. The summed E-state index contributed by atoms with van der Waals surface area (Å²) in [5, 5.41) is 14.0. The Kier molecular flexibility index (Phi) is 5.15. The number of likely N-dealkylation sites (tertiary alicyclic amines) is 1. The molecule has 7 nitrogen and oxygen atoms in total. The van der Waals surface area contributed by atoms with Crippen LogP contribution in [0.25, 0.3) is 10.9 Å². The first-order chi connectivity index (χ1) is 14.6. The largest absolute Gasteiger partial charge is 0.322 e. The van der Waals surface area contributed by atoms with Gasteiger partial charge in [-0.2, -0.15) is 0 Å². The van der Waals surface area contributed by atoms with Gasteiger partial charge in [0.2, 0.25) is 0 Å². The van der Waals surface area contributed by atoms with Gasteiger partial charge >= 0.3 is 0 Å². The van der Waals surface area contributed by atoms with Crippen LogP contribution in [0.4, 0.5) is 0 Å². The molecule has 0 unspecified atom stereocenters. The second kappa shape index (κ2) is 7.95. The monoisotopic (exact) mass is 406 g/mol. The molecule has 0 bridgehead atoms. The maximum absolute atomic E-state index is 13.3. The Hall–Kier alpha value is -2.54. The Morgan fingerprint density at radius 2 is 1.97 bits per heavy atom. The van der Waals surface area contributed by atoms with Crippen molar-refractivity contribution in [2.75, 3.05) is 13.1 Å². The quantitative estimate of drug-likeness (QED) is 0.714. The predicted octanol–water partition coefficient (Wildman–Crippen LogP) is 3.76. The van der Waals surface area contributed by atoms with Crippen LogP contribution in [-0.2, 0) is 0 Å². The maximum Gasteiger partial charge on any atom is 0.253 e. The number of hydrogen-bond donors (Lipinski definition) is 1. The van der Waals surface area contributed by atoms with E-state index in [1.807, 2.05) is 23.7 Å². The zero-order chi connectivity index (χ0) is 20.7. The van der Waals surface area contributed by atoms with Gasteiger partial charge in [0.15, 0.2) is 5.82 Å². The van der Waals surface area contributed by atoms with Crippen molar-refractivity contribution in [1.82, 2.24) is 30.1 Å². The van der Waals surface area contributed by atoms with Gasteiger partial charge in [-0.3, -0.25) is 9.69 Å². The van der Waals surface area contributed by atoms with E-state index < -0.39 is 0 Å². The third kappa shape index (κ3) is 3.55. The van der Waals surface area contributed by atoms with E-state index >= 15 is 0 Å². The number of hydrogen-bond acceptors (Lipinski definition) is 5. The van der Waals surface area contributed by atoms with Gasteiger partial charge in [0.05, 0.1) is 6.04 Å². The van der Waals surface area contributed by atoms with Crippen LogP contribution < -0.4 is 5.56 Å². The lowest BCUT2D eigenvalue weighted by atomic mass is 9.95. The van der Waals surface area contributed by atoms with Gasteiger partial charge in [-0.25, -0.2) is 4.68 Å². The Morgan fingerprint density at radius 3 is 2.77 bits per heavy atom. The molecular formula is C23H30N6O. The molecule has 1 N–H and O–H groups in total. The Balaban J connectivity index is 1.65. The van der Waals surface area contributed by atoms with Crippen molar-refractivity contribution in [2.45, 2.75) is 64.5 Å². The number of benzene rings is 1. The van der Waals surface area contributed by atoms with Crippen LogP contribution in [0.2, 0.25) is 0 Å². The van der Waals surface area contributed by atoms with E-state index in [1.165, 1.54) is 19.3 Å². The second-order valence-corrected chi connectivity index (χ2v) is 9.21. The van der Waals surface area contributed by atoms with Gasteiger partial charge in [0.1, 0.15) is 6.04 Å². The van der Waals surface area contributed by atoms with Gasteiger partial charge in [0, 0.05) is 17.6 Å². The molecule has 1 saturated heterocycles. The summed E-state index contributed by atoms with van der Waals surface area (Å²) in [6, 6.07) is 8.36. The van der Waals surface area contributed by atoms with Crippen molar-refractivity contribution in [3.63, 3.8) is 0 Å². The van der Waals surface area contributed by atoms with Crippen LogP contribution in [0.3, 0.4) is 0 Å². The van der Waals surface area contributed by atoms with E-state index in [4.69, 9.17) is 0 Å². The lowest BCUT2D eigenvalue weighted by Gasteiger charge is -2.36. The number of aromatic amines is 1. The van der Waals surface area contributed by atoms with Crippen molar-refractivity contribution in [3.8, 4) is 0 Å². The van der Waals surface area contributed by atoms with Gasteiger partial charge < -0.3 is 4.98 Å². The molecule has 0 spiro atoms. The molecule has 1 aliphatic carbocycles. The fourth-order valence-corrected chi connectivity index (χ4v) is 5.28. The number of aromatic nitrogens is 5. The first-order valence-corrected chi connectivity index (χ1v) is 11.3. The van der Waals surface area contributed by atoms with Crippen molar-refractivity contribution in [3.05, 3.63) is 51.6 Å². The number of nitrogens with one attached hydrogen (secondary N) is 1. The van der Waals surface area contributed by atoms with E-state index in [2.05, 4.69) is 44.5 Å². The van der Waals surface area contributed by atoms with Crippen molar-refractivity contribution >= 4 is 10.9 Å². The van der Waals surface area contributed by atoms with Crippen LogP contribution >= 0.6 is 0 Å². The third-order valence-corrected chi connectivity index (χ3v) is 6.81. The van der Waals surface area contributed by atoms with Gasteiger partial charge in [-0.05, 0) is 78.6 Å². The molecule has 7 heteroatoms. The molecule has 3 heterocycles. The minimum Gasteiger partial charge on any atom is -0.322 e. The van der Waals surface area contributed by atoms with Crippen LogP contribution in [-0.4, -0.2) is 43.2 Å². The number of H-pyrrole nitrogens is 1. The summed E-state index contributed by atoms with van der Waals surface area (Å²) in [6.07, 6.45) is 7.00. The second-order valence-electron chi connectivity index (χ2n) is 9.21. The molecule has 2 aromatic heterocycles. The van der Waals surface area contributed by atoms with Crippen LogP contribution in [0, 0.1) is 12.8 Å². The molecule has 3 aromatic rings. The number of piperidine rings is 1. The lowest BCUT2D eigenvalue weighted by Crippen LogP contribution is -2.41. The van der Waals surface area contributed by atoms with Gasteiger partial charge in [-0.15, -0.1) is 5.10 Å². The predicted molar refractivity (Wildman–Crippen MR) is 116 cm³/mol. The number of tetrazole rings is 1. The molecule has 158 valence electrons. The van der Waals surface area contributed by atoms with Crippen molar-refractivity contribution < 1.29 is 0 Å². The fraction of sp³-hybridized carbons (Fsp3) is 0.565. The van der Waals surface area contributed by atoms with E-state index in [-0.39, 0.29) is 11.6 Å². The zero-order valence-corrected chi connectivity index (χ0v) is 17.8. The minimum absolute atomic E-state index is 0.0442. The summed E-state index contributed by atoms with van der Waals surface area (Å²) in [6.45, 7) is 6.24. The highest BCUT2D eigenvalue weighted by Gasteiger charge is 2.34. The molecular weight excluding hydrogens is 376 g/mol. The van der Waals surface area contributed by atoms with Gasteiger partial charge in [-0.1, -0.05) is 31.9 Å². The Bertz CT molecular complexity index is 1100. The van der Waals surface area contributed by atoms with E-state index in [0.717, 1.165) is 60.2 Å². The number of nitrogens with zero attached hydrogens (tertiary/aromatic N) is 5. The van der Waals surface area contributed by atoms with Crippen LogP contribution in [0.15, 0.2) is 29.1 Å². The average Bonchev–Trinajstić information content (AvgIpc) is 3.40. The summed E-state index contributed by atoms with van der Waals surface area (Å²) >= 11 is 0. The van der Waals surface area contributed by atoms with E-state index in [9.17, 15) is 4.79 Å². The standard InChI is InChI=1S/C23H30N6O/c1-15-9-10-17-13-19(23(30)24-20(17)12-15)21(28-11-5-6-16(2)14-28)22-25-26-27-29(22)18-7-3-4-8-18/h9-10,12-13,16,18,21H,3-8,11,14H2,1-2H3,(H,24,30)/t16-,21-/m0/s1. The summed E-state index contributed by atoms with van der Waals surface area (Å²) in [4.78, 5) is 18.8. The summed E-state index contributed by atoms with van der Waals surface area (Å²) in [7, 11) is 0.